The number of carbonyl (C=O) groups excluding carboxylic acids is 1. The van der Waals surface area contributed by atoms with Gasteiger partial charge in [-0.1, -0.05) is 18.2 Å². The summed E-state index contributed by atoms with van der Waals surface area (Å²) in [5.41, 5.74) is 8.51. The van der Waals surface area contributed by atoms with Gasteiger partial charge in [0.15, 0.2) is 5.78 Å². The zero-order valence-corrected chi connectivity index (χ0v) is 10.4. The Morgan fingerprint density at radius 3 is 2.61 bits per heavy atom. The van der Waals surface area contributed by atoms with Crippen molar-refractivity contribution in [1.82, 2.24) is 0 Å². The minimum absolute atomic E-state index is 0.0913. The summed E-state index contributed by atoms with van der Waals surface area (Å²) in [6.07, 6.45) is 0. The van der Waals surface area contributed by atoms with Gasteiger partial charge in [-0.25, -0.2) is 0 Å². The van der Waals surface area contributed by atoms with Crippen LogP contribution in [0, 0.1) is 6.92 Å². The molecule has 0 spiro atoms. The van der Waals surface area contributed by atoms with Crippen molar-refractivity contribution in [3.05, 3.63) is 59.2 Å². The lowest BCUT2D eigenvalue weighted by molar-refractivity contribution is 0.103. The second-order valence-electron chi connectivity index (χ2n) is 4.15. The number of hydrogen-bond donors (Lipinski definition) is 1. The van der Waals surface area contributed by atoms with E-state index in [4.69, 9.17) is 10.5 Å². The molecule has 92 valence electrons. The molecule has 0 heterocycles. The molecule has 0 aliphatic carbocycles. The number of ether oxygens (including phenoxy) is 1. The normalized spacial score (nSPS) is 10.1. The van der Waals surface area contributed by atoms with Crippen LogP contribution in [0.3, 0.4) is 0 Å². The van der Waals surface area contributed by atoms with E-state index in [9.17, 15) is 4.79 Å². The molecule has 0 aliphatic rings. The van der Waals surface area contributed by atoms with Crippen molar-refractivity contribution in [1.29, 1.82) is 0 Å². The number of aryl methyl sites for hydroxylation is 1. The molecule has 3 nitrogen and oxygen atoms in total. The molecule has 0 atom stereocenters. The Morgan fingerprint density at radius 2 is 1.94 bits per heavy atom. The number of hydrogen-bond acceptors (Lipinski definition) is 3. The van der Waals surface area contributed by atoms with Crippen molar-refractivity contribution in [2.75, 3.05) is 12.8 Å². The van der Waals surface area contributed by atoms with Crippen LogP contribution in [0.25, 0.3) is 0 Å². The monoisotopic (exact) mass is 241 g/mol. The van der Waals surface area contributed by atoms with Crippen molar-refractivity contribution >= 4 is 11.5 Å². The predicted octanol–water partition coefficient (Wildman–Crippen LogP) is 2.82. The number of nitrogens with two attached hydrogens (primary N) is 1. The Hall–Kier alpha value is -2.29. The fourth-order valence-electron chi connectivity index (χ4n) is 1.81. The number of rotatable bonds is 3. The van der Waals surface area contributed by atoms with Gasteiger partial charge in [0.25, 0.3) is 0 Å². The van der Waals surface area contributed by atoms with E-state index in [0.717, 1.165) is 5.56 Å². The van der Waals surface area contributed by atoms with Crippen LogP contribution in [0.2, 0.25) is 0 Å². The van der Waals surface area contributed by atoms with Gasteiger partial charge in [-0.2, -0.15) is 0 Å². The zero-order valence-electron chi connectivity index (χ0n) is 10.4. The maximum atomic E-state index is 12.3. The number of nitrogen functional groups attached to an aromatic ring is 1. The molecular formula is C15H15NO2. The molecule has 18 heavy (non-hydrogen) atoms. The van der Waals surface area contributed by atoms with Gasteiger partial charge >= 0.3 is 0 Å². The summed E-state index contributed by atoms with van der Waals surface area (Å²) >= 11 is 0. The maximum absolute atomic E-state index is 12.3. The van der Waals surface area contributed by atoms with E-state index >= 15 is 0 Å². The first-order valence-corrected chi connectivity index (χ1v) is 5.66. The molecule has 0 amide bonds. The van der Waals surface area contributed by atoms with Gasteiger partial charge < -0.3 is 10.5 Å². The Labute approximate surface area is 106 Å². The SMILES string of the molecule is COc1cccc(C(=O)c2ccc(C)cc2N)c1. The van der Waals surface area contributed by atoms with E-state index in [1.54, 1.807) is 43.5 Å². The van der Waals surface area contributed by atoms with Gasteiger partial charge in [-0.15, -0.1) is 0 Å². The quantitative estimate of drug-likeness (QED) is 0.664. The van der Waals surface area contributed by atoms with E-state index in [2.05, 4.69) is 0 Å². The van der Waals surface area contributed by atoms with Gasteiger partial charge in [0.05, 0.1) is 7.11 Å². The lowest BCUT2D eigenvalue weighted by atomic mass is 10.0. The van der Waals surface area contributed by atoms with E-state index in [1.807, 2.05) is 13.0 Å². The summed E-state index contributed by atoms with van der Waals surface area (Å²) < 4.78 is 5.11. The highest BCUT2D eigenvalue weighted by Crippen LogP contribution is 2.20. The molecule has 2 N–H and O–H groups in total. The van der Waals surface area contributed by atoms with Crippen LogP contribution in [-0.2, 0) is 0 Å². The average Bonchev–Trinajstić information content (AvgIpc) is 2.38. The molecule has 2 aromatic rings. The van der Waals surface area contributed by atoms with Gasteiger partial charge in [-0.3, -0.25) is 4.79 Å². The fraction of sp³-hybridized carbons (Fsp3) is 0.133. The molecule has 0 aliphatic heterocycles. The summed E-state index contributed by atoms with van der Waals surface area (Å²) in [7, 11) is 1.57. The van der Waals surface area contributed by atoms with E-state index in [-0.39, 0.29) is 5.78 Å². The number of carbonyl (C=O) groups is 1. The molecule has 0 bridgehead atoms. The number of benzene rings is 2. The van der Waals surface area contributed by atoms with Crippen LogP contribution < -0.4 is 10.5 Å². The Balaban J connectivity index is 2.41. The van der Waals surface area contributed by atoms with Crippen molar-refractivity contribution in [3.63, 3.8) is 0 Å². The summed E-state index contributed by atoms with van der Waals surface area (Å²) in [5, 5.41) is 0. The Kier molecular flexibility index (Phi) is 3.33. The van der Waals surface area contributed by atoms with Gasteiger partial charge in [0, 0.05) is 16.8 Å². The molecule has 2 aromatic carbocycles. The highest BCUT2D eigenvalue weighted by atomic mass is 16.5. The molecule has 0 fully saturated rings. The van der Waals surface area contributed by atoms with Gasteiger partial charge in [0.1, 0.15) is 5.75 Å². The van der Waals surface area contributed by atoms with Crippen molar-refractivity contribution < 1.29 is 9.53 Å². The molecule has 2 rings (SSSR count). The Morgan fingerprint density at radius 1 is 1.17 bits per heavy atom. The molecular weight excluding hydrogens is 226 g/mol. The number of anilines is 1. The van der Waals surface area contributed by atoms with Crippen molar-refractivity contribution in [2.24, 2.45) is 0 Å². The zero-order chi connectivity index (χ0) is 13.1. The average molecular weight is 241 g/mol. The smallest absolute Gasteiger partial charge is 0.195 e. The van der Waals surface area contributed by atoms with Gasteiger partial charge in [0.2, 0.25) is 0 Å². The molecule has 0 saturated heterocycles. The largest absolute Gasteiger partial charge is 0.497 e. The molecule has 3 heteroatoms. The summed E-state index contributed by atoms with van der Waals surface area (Å²) in [6, 6.07) is 12.5. The topological polar surface area (TPSA) is 52.3 Å². The molecule has 0 saturated carbocycles. The van der Waals surface area contributed by atoms with Crippen LogP contribution in [0.1, 0.15) is 21.5 Å². The van der Waals surface area contributed by atoms with Gasteiger partial charge in [-0.05, 0) is 36.8 Å². The van der Waals surface area contributed by atoms with E-state index in [1.165, 1.54) is 0 Å². The maximum Gasteiger partial charge on any atom is 0.195 e. The Bertz CT molecular complexity index is 591. The minimum Gasteiger partial charge on any atom is -0.497 e. The summed E-state index contributed by atoms with van der Waals surface area (Å²) in [6.45, 7) is 1.94. The first kappa shape index (κ1) is 12.2. The van der Waals surface area contributed by atoms with Crippen LogP contribution in [0.15, 0.2) is 42.5 Å². The highest BCUT2D eigenvalue weighted by Gasteiger charge is 2.12. The van der Waals surface area contributed by atoms with E-state index in [0.29, 0.717) is 22.6 Å². The third-order valence-corrected chi connectivity index (χ3v) is 2.78. The standard InChI is InChI=1S/C15H15NO2/c1-10-6-7-13(14(16)8-10)15(17)11-4-3-5-12(9-11)18-2/h3-9H,16H2,1-2H3. The molecule has 0 aromatic heterocycles. The highest BCUT2D eigenvalue weighted by molar-refractivity contribution is 6.12. The van der Waals surface area contributed by atoms with Crippen LogP contribution >= 0.6 is 0 Å². The number of ketones is 1. The predicted molar refractivity (Wildman–Crippen MR) is 72.0 cm³/mol. The van der Waals surface area contributed by atoms with Crippen molar-refractivity contribution in [2.45, 2.75) is 6.92 Å². The summed E-state index contributed by atoms with van der Waals surface area (Å²) in [4.78, 5) is 12.3. The first-order chi connectivity index (χ1) is 8.61. The fourth-order valence-corrected chi connectivity index (χ4v) is 1.81. The van der Waals surface area contributed by atoms with E-state index < -0.39 is 0 Å². The number of methoxy groups -OCH3 is 1. The first-order valence-electron chi connectivity index (χ1n) is 5.66. The second-order valence-corrected chi connectivity index (χ2v) is 4.15. The minimum atomic E-state index is -0.0913. The van der Waals surface area contributed by atoms with Crippen LogP contribution in [0.5, 0.6) is 5.75 Å². The lowest BCUT2D eigenvalue weighted by Gasteiger charge is -2.07. The van der Waals surface area contributed by atoms with Crippen LogP contribution in [0.4, 0.5) is 5.69 Å². The second kappa shape index (κ2) is 4.92. The van der Waals surface area contributed by atoms with Crippen LogP contribution in [-0.4, -0.2) is 12.9 Å². The van der Waals surface area contributed by atoms with Crippen molar-refractivity contribution in [3.8, 4) is 5.75 Å². The third kappa shape index (κ3) is 2.35. The third-order valence-electron chi connectivity index (χ3n) is 2.78. The lowest BCUT2D eigenvalue weighted by Crippen LogP contribution is -2.05. The molecule has 0 radical (unpaired) electrons. The molecule has 0 unspecified atom stereocenters. The summed E-state index contributed by atoms with van der Waals surface area (Å²) in [5.74, 6) is 0.568.